The molecule has 3 aromatic rings. The van der Waals surface area contributed by atoms with Gasteiger partial charge in [-0.05, 0) is 62.5 Å². The van der Waals surface area contributed by atoms with E-state index in [9.17, 15) is 0 Å². The molecule has 0 spiro atoms. The van der Waals surface area contributed by atoms with Crippen LogP contribution in [-0.4, -0.2) is 13.3 Å². The smallest absolute Gasteiger partial charge is 0.226 e. The summed E-state index contributed by atoms with van der Waals surface area (Å²) in [5.74, 6) is 1.59. The van der Waals surface area contributed by atoms with Crippen LogP contribution in [0.3, 0.4) is 0 Å². The summed E-state index contributed by atoms with van der Waals surface area (Å²) >= 11 is 0. The van der Waals surface area contributed by atoms with E-state index in [2.05, 4.69) is 65.1 Å². The fourth-order valence-electron chi connectivity index (χ4n) is 3.24. The van der Waals surface area contributed by atoms with Gasteiger partial charge in [0.2, 0.25) is 5.89 Å². The Hall–Kier alpha value is -2.17. The van der Waals surface area contributed by atoms with Crippen LogP contribution in [0.4, 0.5) is 0 Å². The average molecular weight is 422 g/mol. The van der Waals surface area contributed by atoms with E-state index in [1.54, 1.807) is 0 Å². The summed E-state index contributed by atoms with van der Waals surface area (Å²) in [6.45, 7) is 15.6. The van der Waals surface area contributed by atoms with Gasteiger partial charge in [-0.15, -0.1) is 0 Å². The molecule has 3 nitrogen and oxygen atoms in total. The van der Waals surface area contributed by atoms with Crippen molar-refractivity contribution in [3.05, 3.63) is 77.2 Å². The van der Waals surface area contributed by atoms with E-state index in [1.807, 2.05) is 37.3 Å². The molecular weight excluding hydrogens is 386 g/mol. The first-order valence-corrected chi connectivity index (χ1v) is 13.7. The zero-order valence-electron chi connectivity index (χ0n) is 19.5. The lowest BCUT2D eigenvalue weighted by atomic mass is 10.0. The standard InChI is InChI=1S/C26H35NO2Si/c1-19-13-15-21(16-14-19)24(29-30(6,7)26(3,4)5)18-17-23-20(2)28-25(27-23)22-11-9-8-10-12-22/h8-16,24H,17-18H2,1-7H3. The maximum Gasteiger partial charge on any atom is 0.226 e. The van der Waals surface area contributed by atoms with Crippen LogP contribution in [0.2, 0.25) is 18.1 Å². The number of nitrogens with zero attached hydrogens (tertiary/aromatic N) is 1. The Morgan fingerprint density at radius 3 is 2.20 bits per heavy atom. The van der Waals surface area contributed by atoms with Crippen LogP contribution >= 0.6 is 0 Å². The number of hydrogen-bond donors (Lipinski definition) is 0. The van der Waals surface area contributed by atoms with Gasteiger partial charge in [-0.3, -0.25) is 0 Å². The first kappa shape index (κ1) is 22.5. The highest BCUT2D eigenvalue weighted by atomic mass is 28.4. The number of aryl methyl sites for hydroxylation is 3. The summed E-state index contributed by atoms with van der Waals surface area (Å²) < 4.78 is 12.8. The van der Waals surface area contributed by atoms with E-state index < -0.39 is 8.32 Å². The molecule has 0 aliphatic rings. The molecule has 4 heteroatoms. The van der Waals surface area contributed by atoms with Crippen LogP contribution in [0.5, 0.6) is 0 Å². The van der Waals surface area contributed by atoms with Crippen LogP contribution < -0.4 is 0 Å². The van der Waals surface area contributed by atoms with Crippen molar-refractivity contribution in [3.63, 3.8) is 0 Å². The lowest BCUT2D eigenvalue weighted by molar-refractivity contribution is 0.173. The second-order valence-electron chi connectivity index (χ2n) is 9.70. The molecule has 1 unspecified atom stereocenters. The van der Waals surface area contributed by atoms with Gasteiger partial charge >= 0.3 is 0 Å². The van der Waals surface area contributed by atoms with Crippen LogP contribution in [0, 0.1) is 13.8 Å². The molecule has 0 saturated heterocycles. The van der Waals surface area contributed by atoms with Gasteiger partial charge in [0.05, 0.1) is 11.8 Å². The molecule has 0 fully saturated rings. The Labute approximate surface area is 182 Å². The molecule has 1 atom stereocenters. The Balaban J connectivity index is 1.82. The largest absolute Gasteiger partial charge is 0.441 e. The van der Waals surface area contributed by atoms with Crippen LogP contribution in [-0.2, 0) is 10.8 Å². The van der Waals surface area contributed by atoms with Gasteiger partial charge in [-0.2, -0.15) is 0 Å². The minimum atomic E-state index is -1.91. The molecule has 2 aromatic carbocycles. The molecule has 160 valence electrons. The predicted molar refractivity (Wildman–Crippen MR) is 127 cm³/mol. The van der Waals surface area contributed by atoms with E-state index in [4.69, 9.17) is 13.8 Å². The van der Waals surface area contributed by atoms with Crippen molar-refractivity contribution in [2.24, 2.45) is 0 Å². The molecule has 1 heterocycles. The van der Waals surface area contributed by atoms with Gasteiger partial charge in [-0.25, -0.2) is 4.98 Å². The predicted octanol–water partition coefficient (Wildman–Crippen LogP) is 7.65. The molecule has 0 aliphatic carbocycles. The molecule has 3 rings (SSSR count). The first-order chi connectivity index (χ1) is 14.1. The van der Waals surface area contributed by atoms with Crippen LogP contribution in [0.15, 0.2) is 59.0 Å². The van der Waals surface area contributed by atoms with Crippen molar-refractivity contribution in [1.82, 2.24) is 4.98 Å². The number of aromatic nitrogens is 1. The van der Waals surface area contributed by atoms with Crippen molar-refractivity contribution < 1.29 is 8.84 Å². The van der Waals surface area contributed by atoms with Crippen molar-refractivity contribution in [3.8, 4) is 11.5 Å². The Kier molecular flexibility index (Phi) is 6.68. The molecule has 0 amide bonds. The van der Waals surface area contributed by atoms with Crippen molar-refractivity contribution in [2.75, 3.05) is 0 Å². The van der Waals surface area contributed by atoms with E-state index in [0.717, 1.165) is 29.9 Å². The van der Waals surface area contributed by atoms with Crippen LogP contribution in [0.1, 0.15) is 55.9 Å². The average Bonchev–Trinajstić information content (AvgIpc) is 3.06. The number of benzene rings is 2. The van der Waals surface area contributed by atoms with E-state index in [1.165, 1.54) is 11.1 Å². The summed E-state index contributed by atoms with van der Waals surface area (Å²) in [4.78, 5) is 4.79. The maximum absolute atomic E-state index is 6.86. The summed E-state index contributed by atoms with van der Waals surface area (Å²) in [5.41, 5.74) is 4.55. The molecular formula is C26H35NO2Si. The summed E-state index contributed by atoms with van der Waals surface area (Å²) in [7, 11) is -1.91. The van der Waals surface area contributed by atoms with Gasteiger partial charge in [-0.1, -0.05) is 68.8 Å². The maximum atomic E-state index is 6.86. The molecule has 0 aliphatic heterocycles. The number of oxazole rings is 1. The quantitative estimate of drug-likeness (QED) is 0.367. The fourth-order valence-corrected chi connectivity index (χ4v) is 4.56. The molecule has 0 bridgehead atoms. The van der Waals surface area contributed by atoms with Gasteiger partial charge in [0.25, 0.3) is 0 Å². The fraction of sp³-hybridized carbons (Fsp3) is 0.423. The SMILES string of the molecule is Cc1ccc(C(CCc2nc(-c3ccccc3)oc2C)O[Si](C)(C)C(C)(C)C)cc1. The number of hydrogen-bond acceptors (Lipinski definition) is 3. The molecule has 0 N–H and O–H groups in total. The molecule has 0 radical (unpaired) electrons. The highest BCUT2D eigenvalue weighted by Crippen LogP contribution is 2.41. The summed E-state index contributed by atoms with van der Waals surface area (Å²) in [6, 6.07) is 18.8. The highest BCUT2D eigenvalue weighted by Gasteiger charge is 2.39. The van der Waals surface area contributed by atoms with E-state index in [-0.39, 0.29) is 11.1 Å². The minimum absolute atomic E-state index is 0.0581. The second kappa shape index (κ2) is 8.91. The monoisotopic (exact) mass is 421 g/mol. The van der Waals surface area contributed by atoms with E-state index in [0.29, 0.717) is 5.89 Å². The highest BCUT2D eigenvalue weighted by molar-refractivity contribution is 6.74. The van der Waals surface area contributed by atoms with E-state index >= 15 is 0 Å². The van der Waals surface area contributed by atoms with Crippen molar-refractivity contribution >= 4 is 8.32 Å². The number of rotatable bonds is 7. The van der Waals surface area contributed by atoms with Crippen molar-refractivity contribution in [2.45, 2.75) is 71.7 Å². The normalized spacial score (nSPS) is 13.4. The zero-order valence-corrected chi connectivity index (χ0v) is 20.5. The van der Waals surface area contributed by atoms with Crippen molar-refractivity contribution in [1.29, 1.82) is 0 Å². The van der Waals surface area contributed by atoms with Gasteiger partial charge in [0.15, 0.2) is 8.32 Å². The molecule has 1 aromatic heterocycles. The third-order valence-electron chi connectivity index (χ3n) is 6.25. The van der Waals surface area contributed by atoms with Gasteiger partial charge in [0.1, 0.15) is 5.76 Å². The molecule has 30 heavy (non-hydrogen) atoms. The molecule has 0 saturated carbocycles. The Morgan fingerprint density at radius 1 is 0.967 bits per heavy atom. The minimum Gasteiger partial charge on any atom is -0.441 e. The second-order valence-corrected chi connectivity index (χ2v) is 14.5. The Bertz CT molecular complexity index is 953. The van der Waals surface area contributed by atoms with Crippen LogP contribution in [0.25, 0.3) is 11.5 Å². The lowest BCUT2D eigenvalue weighted by Gasteiger charge is -2.39. The lowest BCUT2D eigenvalue weighted by Crippen LogP contribution is -2.42. The zero-order chi connectivity index (χ0) is 21.9. The Morgan fingerprint density at radius 2 is 1.60 bits per heavy atom. The van der Waals surface area contributed by atoms with Gasteiger partial charge in [0, 0.05) is 5.56 Å². The van der Waals surface area contributed by atoms with Gasteiger partial charge < -0.3 is 8.84 Å². The third-order valence-corrected chi connectivity index (χ3v) is 10.7. The summed E-state index contributed by atoms with van der Waals surface area (Å²) in [5, 5.41) is 0.167. The summed E-state index contributed by atoms with van der Waals surface area (Å²) in [6.07, 6.45) is 1.77. The first-order valence-electron chi connectivity index (χ1n) is 10.8. The topological polar surface area (TPSA) is 35.3 Å². The third kappa shape index (κ3) is 5.30.